The summed E-state index contributed by atoms with van der Waals surface area (Å²) in [4.78, 5) is 4.25. The number of pyridine rings is 1. The summed E-state index contributed by atoms with van der Waals surface area (Å²) in [7, 11) is 1.89. The van der Waals surface area contributed by atoms with Crippen LogP contribution in [0.15, 0.2) is 6.20 Å². The van der Waals surface area contributed by atoms with E-state index in [0.29, 0.717) is 0 Å². The first kappa shape index (κ1) is 8.05. The molecule has 0 aliphatic heterocycles. The van der Waals surface area contributed by atoms with E-state index in [0.717, 1.165) is 5.82 Å². The van der Waals surface area contributed by atoms with Gasteiger partial charge in [-0.15, -0.1) is 0 Å². The second kappa shape index (κ2) is 2.91. The molecule has 0 unspecified atom stereocenters. The average molecular weight is 150 g/mol. The Kier molecular flexibility index (Phi) is 2.13. The molecular weight excluding hydrogens is 136 g/mol. The number of hydrogen-bond acceptors (Lipinski definition) is 2. The molecule has 0 aliphatic rings. The lowest BCUT2D eigenvalue weighted by Gasteiger charge is -2.08. The molecule has 0 bridgehead atoms. The van der Waals surface area contributed by atoms with E-state index in [9.17, 15) is 0 Å². The molecular formula is C9H14N2. The summed E-state index contributed by atoms with van der Waals surface area (Å²) in [6.07, 6.45) is 1.90. The fourth-order valence-electron chi connectivity index (χ4n) is 1.08. The van der Waals surface area contributed by atoms with Crippen molar-refractivity contribution in [2.75, 3.05) is 12.4 Å². The third-order valence-electron chi connectivity index (χ3n) is 2.13. The zero-order valence-corrected chi connectivity index (χ0v) is 7.52. The topological polar surface area (TPSA) is 24.9 Å². The first-order valence-corrected chi connectivity index (χ1v) is 3.77. The van der Waals surface area contributed by atoms with Crippen molar-refractivity contribution in [1.29, 1.82) is 0 Å². The van der Waals surface area contributed by atoms with Gasteiger partial charge in [0, 0.05) is 13.2 Å². The van der Waals surface area contributed by atoms with Gasteiger partial charge in [0.25, 0.3) is 0 Å². The van der Waals surface area contributed by atoms with Crippen molar-refractivity contribution in [3.05, 3.63) is 22.9 Å². The Morgan fingerprint density at radius 1 is 1.18 bits per heavy atom. The van der Waals surface area contributed by atoms with Crippen LogP contribution in [0.4, 0.5) is 5.82 Å². The van der Waals surface area contributed by atoms with Crippen LogP contribution in [0.1, 0.15) is 16.7 Å². The minimum Gasteiger partial charge on any atom is -0.373 e. The van der Waals surface area contributed by atoms with Gasteiger partial charge in [0.1, 0.15) is 5.82 Å². The lowest BCUT2D eigenvalue weighted by atomic mass is 10.1. The van der Waals surface area contributed by atoms with Crippen LogP contribution in [0, 0.1) is 20.8 Å². The monoisotopic (exact) mass is 150 g/mol. The van der Waals surface area contributed by atoms with Gasteiger partial charge < -0.3 is 5.32 Å². The number of nitrogens with one attached hydrogen (secondary N) is 1. The summed E-state index contributed by atoms with van der Waals surface area (Å²) in [6, 6.07) is 0. The van der Waals surface area contributed by atoms with Gasteiger partial charge in [0.2, 0.25) is 0 Å². The van der Waals surface area contributed by atoms with E-state index in [2.05, 4.69) is 31.1 Å². The molecule has 1 N–H and O–H groups in total. The van der Waals surface area contributed by atoms with Crippen molar-refractivity contribution >= 4 is 5.82 Å². The Labute approximate surface area is 67.7 Å². The summed E-state index contributed by atoms with van der Waals surface area (Å²) < 4.78 is 0. The molecule has 1 aromatic rings. The average Bonchev–Trinajstić information content (AvgIpc) is 2.01. The maximum Gasteiger partial charge on any atom is 0.128 e. The van der Waals surface area contributed by atoms with Gasteiger partial charge >= 0.3 is 0 Å². The minimum atomic E-state index is 0.980. The fraction of sp³-hybridized carbons (Fsp3) is 0.444. The quantitative estimate of drug-likeness (QED) is 0.662. The number of nitrogens with zero attached hydrogens (tertiary/aromatic N) is 1. The van der Waals surface area contributed by atoms with Crippen LogP contribution in [0.3, 0.4) is 0 Å². The smallest absolute Gasteiger partial charge is 0.128 e. The first-order valence-electron chi connectivity index (χ1n) is 3.77. The summed E-state index contributed by atoms with van der Waals surface area (Å²) in [5.41, 5.74) is 3.82. The molecule has 0 aliphatic carbocycles. The SMILES string of the molecule is CNc1ncc(C)c(C)c1C. The van der Waals surface area contributed by atoms with Crippen molar-refractivity contribution < 1.29 is 0 Å². The van der Waals surface area contributed by atoms with Crippen molar-refractivity contribution in [2.24, 2.45) is 0 Å². The Bertz CT molecular complexity index is 267. The van der Waals surface area contributed by atoms with Crippen LogP contribution in [0.2, 0.25) is 0 Å². The summed E-state index contributed by atoms with van der Waals surface area (Å²) in [5.74, 6) is 0.980. The van der Waals surface area contributed by atoms with Crippen LogP contribution >= 0.6 is 0 Å². The second-order valence-corrected chi connectivity index (χ2v) is 2.79. The molecule has 1 rings (SSSR count). The van der Waals surface area contributed by atoms with Crippen molar-refractivity contribution in [1.82, 2.24) is 4.98 Å². The molecule has 0 saturated heterocycles. The lowest BCUT2D eigenvalue weighted by molar-refractivity contribution is 1.15. The molecule has 2 heteroatoms. The molecule has 60 valence electrons. The molecule has 0 fully saturated rings. The predicted molar refractivity (Wildman–Crippen MR) is 48.0 cm³/mol. The number of anilines is 1. The molecule has 0 amide bonds. The highest BCUT2D eigenvalue weighted by Gasteiger charge is 2.01. The molecule has 0 radical (unpaired) electrons. The van der Waals surface area contributed by atoms with E-state index >= 15 is 0 Å². The van der Waals surface area contributed by atoms with Gasteiger partial charge in [-0.3, -0.25) is 0 Å². The molecule has 0 atom stereocenters. The van der Waals surface area contributed by atoms with Gasteiger partial charge in [0.15, 0.2) is 0 Å². The second-order valence-electron chi connectivity index (χ2n) is 2.79. The molecule has 0 aromatic carbocycles. The fourth-order valence-corrected chi connectivity index (χ4v) is 1.08. The number of aromatic nitrogens is 1. The third-order valence-corrected chi connectivity index (χ3v) is 2.13. The summed E-state index contributed by atoms with van der Waals surface area (Å²) >= 11 is 0. The molecule has 0 saturated carbocycles. The Hall–Kier alpha value is -1.05. The van der Waals surface area contributed by atoms with Crippen LogP contribution in [0.25, 0.3) is 0 Å². The number of hydrogen-bond donors (Lipinski definition) is 1. The van der Waals surface area contributed by atoms with Crippen molar-refractivity contribution in [3.8, 4) is 0 Å². The minimum absolute atomic E-state index is 0.980. The van der Waals surface area contributed by atoms with E-state index in [1.165, 1.54) is 16.7 Å². The molecule has 11 heavy (non-hydrogen) atoms. The van der Waals surface area contributed by atoms with E-state index in [-0.39, 0.29) is 0 Å². The van der Waals surface area contributed by atoms with Crippen LogP contribution in [0.5, 0.6) is 0 Å². The zero-order chi connectivity index (χ0) is 8.43. The van der Waals surface area contributed by atoms with Crippen molar-refractivity contribution in [3.63, 3.8) is 0 Å². The van der Waals surface area contributed by atoms with E-state index in [4.69, 9.17) is 0 Å². The van der Waals surface area contributed by atoms with Crippen LogP contribution in [-0.4, -0.2) is 12.0 Å². The summed E-state index contributed by atoms with van der Waals surface area (Å²) in [6.45, 7) is 6.28. The lowest BCUT2D eigenvalue weighted by Crippen LogP contribution is -1.98. The highest BCUT2D eigenvalue weighted by Crippen LogP contribution is 2.17. The Morgan fingerprint density at radius 3 is 2.36 bits per heavy atom. The normalized spacial score (nSPS) is 9.82. The van der Waals surface area contributed by atoms with Gasteiger partial charge in [-0.1, -0.05) is 0 Å². The van der Waals surface area contributed by atoms with Gasteiger partial charge in [-0.25, -0.2) is 4.98 Å². The van der Waals surface area contributed by atoms with E-state index in [1.54, 1.807) is 0 Å². The number of aryl methyl sites for hydroxylation is 1. The maximum atomic E-state index is 4.25. The molecule has 0 spiro atoms. The molecule has 2 nitrogen and oxygen atoms in total. The van der Waals surface area contributed by atoms with Crippen LogP contribution < -0.4 is 5.32 Å². The molecule has 1 aromatic heterocycles. The van der Waals surface area contributed by atoms with Gasteiger partial charge in [-0.2, -0.15) is 0 Å². The van der Waals surface area contributed by atoms with Gasteiger partial charge in [0.05, 0.1) is 0 Å². The highest BCUT2D eigenvalue weighted by atomic mass is 15.0. The highest BCUT2D eigenvalue weighted by molar-refractivity contribution is 5.48. The first-order chi connectivity index (χ1) is 5.16. The third kappa shape index (κ3) is 1.34. The van der Waals surface area contributed by atoms with E-state index < -0.39 is 0 Å². The standard InChI is InChI=1S/C9H14N2/c1-6-5-11-9(10-4)8(3)7(6)2/h5H,1-4H3,(H,10,11). The number of rotatable bonds is 1. The van der Waals surface area contributed by atoms with E-state index in [1.807, 2.05) is 13.2 Å². The molecule has 1 heterocycles. The predicted octanol–water partition coefficient (Wildman–Crippen LogP) is 2.05. The van der Waals surface area contributed by atoms with Crippen molar-refractivity contribution in [2.45, 2.75) is 20.8 Å². The Balaban J connectivity index is 3.25. The van der Waals surface area contributed by atoms with Crippen LogP contribution in [-0.2, 0) is 0 Å². The summed E-state index contributed by atoms with van der Waals surface area (Å²) in [5, 5.41) is 3.05. The van der Waals surface area contributed by atoms with Gasteiger partial charge in [-0.05, 0) is 37.5 Å². The maximum absolute atomic E-state index is 4.25. The largest absolute Gasteiger partial charge is 0.373 e. The Morgan fingerprint density at radius 2 is 1.82 bits per heavy atom. The zero-order valence-electron chi connectivity index (χ0n) is 7.52.